The van der Waals surface area contributed by atoms with Crippen molar-refractivity contribution in [3.8, 4) is 0 Å². The van der Waals surface area contributed by atoms with Crippen molar-refractivity contribution in [2.75, 3.05) is 32.7 Å². The first-order valence-corrected chi connectivity index (χ1v) is 13.1. The van der Waals surface area contributed by atoms with E-state index in [0.717, 1.165) is 29.7 Å². The molecule has 0 saturated carbocycles. The fourth-order valence-electron chi connectivity index (χ4n) is 5.31. The van der Waals surface area contributed by atoms with Gasteiger partial charge in [-0.3, -0.25) is 14.5 Å². The van der Waals surface area contributed by atoms with E-state index in [1.54, 1.807) is 40.5 Å². The second-order valence-electron chi connectivity index (χ2n) is 9.56. The minimum atomic E-state index is -0.324. The summed E-state index contributed by atoms with van der Waals surface area (Å²) < 4.78 is 27.2. The van der Waals surface area contributed by atoms with Crippen molar-refractivity contribution >= 4 is 23.2 Å². The highest BCUT2D eigenvalue weighted by Crippen LogP contribution is 2.37. The van der Waals surface area contributed by atoms with Gasteiger partial charge in [-0.2, -0.15) is 0 Å². The third-order valence-corrected chi connectivity index (χ3v) is 8.13. The minimum absolute atomic E-state index is 0.0200. The van der Waals surface area contributed by atoms with E-state index in [1.807, 2.05) is 17.9 Å². The van der Waals surface area contributed by atoms with Crippen molar-refractivity contribution in [1.82, 2.24) is 14.7 Å². The van der Waals surface area contributed by atoms with Crippen molar-refractivity contribution < 1.29 is 18.4 Å². The average molecular weight is 510 g/mol. The maximum Gasteiger partial charge on any atom is 0.236 e. The Labute approximate surface area is 213 Å². The lowest BCUT2D eigenvalue weighted by atomic mass is 9.93. The number of rotatable bonds is 5. The van der Waals surface area contributed by atoms with Crippen LogP contribution in [0.15, 0.2) is 60.0 Å². The molecule has 5 rings (SSSR count). The van der Waals surface area contributed by atoms with Gasteiger partial charge in [0.25, 0.3) is 0 Å². The molecule has 3 aromatic rings. The van der Waals surface area contributed by atoms with Gasteiger partial charge in [0.15, 0.2) is 0 Å². The van der Waals surface area contributed by atoms with Crippen molar-refractivity contribution in [2.24, 2.45) is 0 Å². The van der Waals surface area contributed by atoms with Gasteiger partial charge in [0.2, 0.25) is 11.8 Å². The first-order valence-electron chi connectivity index (χ1n) is 12.3. The summed E-state index contributed by atoms with van der Waals surface area (Å²) in [6.07, 6.45) is 1.08. The zero-order chi connectivity index (χ0) is 25.2. The Morgan fingerprint density at radius 1 is 0.972 bits per heavy atom. The molecule has 0 radical (unpaired) electrons. The molecule has 2 atom stereocenters. The monoisotopic (exact) mass is 509 g/mol. The van der Waals surface area contributed by atoms with Crippen LogP contribution in [-0.4, -0.2) is 65.3 Å². The van der Waals surface area contributed by atoms with Crippen LogP contribution >= 0.6 is 11.3 Å². The van der Waals surface area contributed by atoms with Crippen molar-refractivity contribution in [1.29, 1.82) is 0 Å². The van der Waals surface area contributed by atoms with Crippen LogP contribution in [0.1, 0.15) is 34.5 Å². The Bertz CT molecular complexity index is 1250. The predicted octanol–water partition coefficient (Wildman–Crippen LogP) is 4.28. The van der Waals surface area contributed by atoms with E-state index in [-0.39, 0.29) is 48.5 Å². The van der Waals surface area contributed by atoms with E-state index in [4.69, 9.17) is 0 Å². The number of carbonyl (C=O) groups is 2. The fourth-order valence-corrected chi connectivity index (χ4v) is 6.22. The molecule has 3 heterocycles. The lowest BCUT2D eigenvalue weighted by Crippen LogP contribution is -2.57. The summed E-state index contributed by atoms with van der Waals surface area (Å²) in [6, 6.07) is 14.4. The molecule has 0 N–H and O–H groups in total. The van der Waals surface area contributed by atoms with E-state index in [2.05, 4.69) is 16.3 Å². The number of thiophene rings is 1. The molecule has 2 aromatic carbocycles. The van der Waals surface area contributed by atoms with Gasteiger partial charge in [-0.1, -0.05) is 24.3 Å². The number of hydrogen-bond acceptors (Lipinski definition) is 4. The Morgan fingerprint density at radius 2 is 1.78 bits per heavy atom. The van der Waals surface area contributed by atoms with Gasteiger partial charge in [0.05, 0.1) is 19.0 Å². The molecule has 8 heteroatoms. The largest absolute Gasteiger partial charge is 0.338 e. The van der Waals surface area contributed by atoms with Crippen LogP contribution in [0.4, 0.5) is 8.78 Å². The zero-order valence-electron chi connectivity index (χ0n) is 20.2. The van der Waals surface area contributed by atoms with Gasteiger partial charge in [0, 0.05) is 37.1 Å². The summed E-state index contributed by atoms with van der Waals surface area (Å²) in [4.78, 5) is 33.3. The van der Waals surface area contributed by atoms with Crippen LogP contribution in [0.2, 0.25) is 0 Å². The maximum absolute atomic E-state index is 14.1. The molecule has 2 aliphatic rings. The lowest BCUT2D eigenvalue weighted by Gasteiger charge is -2.42. The quantitative estimate of drug-likeness (QED) is 0.516. The number of halogens is 2. The van der Waals surface area contributed by atoms with Gasteiger partial charge in [-0.25, -0.2) is 8.78 Å². The zero-order valence-corrected chi connectivity index (χ0v) is 21.0. The molecule has 36 heavy (non-hydrogen) atoms. The van der Waals surface area contributed by atoms with Gasteiger partial charge in [-0.05, 0) is 65.7 Å². The Balaban J connectivity index is 1.24. The topological polar surface area (TPSA) is 43.9 Å². The lowest BCUT2D eigenvalue weighted by molar-refractivity contribution is -0.143. The first kappa shape index (κ1) is 24.6. The number of carbonyl (C=O) groups excluding carboxylic acids is 2. The number of hydrogen-bond donors (Lipinski definition) is 0. The van der Waals surface area contributed by atoms with Crippen LogP contribution in [0.5, 0.6) is 0 Å². The molecular weight excluding hydrogens is 480 g/mol. The van der Waals surface area contributed by atoms with Gasteiger partial charge in [0.1, 0.15) is 11.6 Å². The second kappa shape index (κ2) is 10.5. The number of piperazine rings is 1. The second-order valence-corrected chi connectivity index (χ2v) is 10.6. The normalized spacial score (nSPS) is 20.3. The summed E-state index contributed by atoms with van der Waals surface area (Å²) >= 11 is 1.71. The molecule has 5 nitrogen and oxygen atoms in total. The summed E-state index contributed by atoms with van der Waals surface area (Å²) in [7, 11) is 0. The highest BCUT2D eigenvalue weighted by molar-refractivity contribution is 7.10. The smallest absolute Gasteiger partial charge is 0.236 e. The predicted molar refractivity (Wildman–Crippen MR) is 136 cm³/mol. The number of amides is 2. The van der Waals surface area contributed by atoms with Gasteiger partial charge >= 0.3 is 0 Å². The van der Waals surface area contributed by atoms with E-state index < -0.39 is 0 Å². The number of nitrogens with zero attached hydrogens (tertiary/aromatic N) is 3. The van der Waals surface area contributed by atoms with Crippen molar-refractivity contribution in [3.05, 3.63) is 93.2 Å². The molecule has 0 bridgehead atoms. The first-order chi connectivity index (χ1) is 17.4. The molecule has 2 aliphatic heterocycles. The van der Waals surface area contributed by atoms with E-state index in [9.17, 15) is 18.4 Å². The highest BCUT2D eigenvalue weighted by atomic mass is 32.1. The molecule has 0 spiro atoms. The Morgan fingerprint density at radius 3 is 2.53 bits per heavy atom. The van der Waals surface area contributed by atoms with Gasteiger partial charge in [-0.15, -0.1) is 11.3 Å². The molecule has 1 aromatic heterocycles. The Kier molecular flexibility index (Phi) is 7.16. The van der Waals surface area contributed by atoms with E-state index in [1.165, 1.54) is 23.1 Å². The summed E-state index contributed by atoms with van der Waals surface area (Å²) in [6.45, 7) is 4.33. The maximum atomic E-state index is 14.1. The van der Waals surface area contributed by atoms with E-state index >= 15 is 0 Å². The van der Waals surface area contributed by atoms with E-state index in [0.29, 0.717) is 19.6 Å². The van der Waals surface area contributed by atoms with Crippen LogP contribution in [0, 0.1) is 11.6 Å². The molecular formula is C28H29F2N3O2S. The van der Waals surface area contributed by atoms with Gasteiger partial charge < -0.3 is 9.80 Å². The SMILES string of the molecule is C[C@H]1CN(C(=O)CN2CCc3sccc3[C@H]2c2cccc(F)c2)CCN1C(=O)Cc1ccc(F)cc1. The summed E-state index contributed by atoms with van der Waals surface area (Å²) in [5.74, 6) is -0.604. The van der Waals surface area contributed by atoms with Crippen molar-refractivity contribution in [2.45, 2.75) is 31.8 Å². The number of benzene rings is 2. The minimum Gasteiger partial charge on any atom is -0.338 e. The van der Waals surface area contributed by atoms with Crippen LogP contribution in [-0.2, 0) is 22.4 Å². The molecule has 0 unspecified atom stereocenters. The van der Waals surface area contributed by atoms with Crippen LogP contribution in [0.25, 0.3) is 0 Å². The standard InChI is InChI=1S/C28H29F2N3O2S/c1-19-17-31(12-13-33(19)26(34)15-20-5-7-22(29)8-6-20)27(35)18-32-11-9-25-24(10-14-36-25)28(32)21-3-2-4-23(30)16-21/h2-8,10,14,16,19,28H,9,11-13,15,17-18H2,1H3/t19-,28+/m0/s1. The Hall–Kier alpha value is -3.10. The molecule has 188 valence electrons. The third kappa shape index (κ3) is 5.20. The van der Waals surface area contributed by atoms with Crippen LogP contribution < -0.4 is 0 Å². The summed E-state index contributed by atoms with van der Waals surface area (Å²) in [5, 5.41) is 2.06. The summed E-state index contributed by atoms with van der Waals surface area (Å²) in [5.41, 5.74) is 2.77. The van der Waals surface area contributed by atoms with Crippen molar-refractivity contribution in [3.63, 3.8) is 0 Å². The highest BCUT2D eigenvalue weighted by Gasteiger charge is 2.34. The average Bonchev–Trinajstić information content (AvgIpc) is 3.34. The number of fused-ring (bicyclic) bond motifs is 1. The molecule has 2 amide bonds. The molecule has 1 saturated heterocycles. The van der Waals surface area contributed by atoms with Crippen LogP contribution in [0.3, 0.4) is 0 Å². The third-order valence-electron chi connectivity index (χ3n) is 7.14. The fraction of sp³-hybridized carbons (Fsp3) is 0.357. The molecule has 1 fully saturated rings. The molecule has 0 aliphatic carbocycles.